The molecule has 0 fully saturated rings. The molecule has 1 aliphatic rings. The normalized spacial score (nSPS) is 19.4. The van der Waals surface area contributed by atoms with Gasteiger partial charge >= 0.3 is 0 Å². The molecule has 20 heavy (non-hydrogen) atoms. The fourth-order valence-corrected chi connectivity index (χ4v) is 3.10. The molecule has 2 aromatic rings. The van der Waals surface area contributed by atoms with Gasteiger partial charge in [-0.2, -0.15) is 0 Å². The second kappa shape index (κ2) is 5.87. The Hall–Kier alpha value is -1.49. The van der Waals surface area contributed by atoms with E-state index in [2.05, 4.69) is 21.5 Å². The van der Waals surface area contributed by atoms with Crippen molar-refractivity contribution in [3.05, 3.63) is 58.6 Å². The molecule has 2 heterocycles. The van der Waals surface area contributed by atoms with Crippen LogP contribution < -0.4 is 11.3 Å². The number of nitrogens with one attached hydrogen (secondary N) is 1. The molecule has 5 heteroatoms. The summed E-state index contributed by atoms with van der Waals surface area (Å²) < 4.78 is 0. The summed E-state index contributed by atoms with van der Waals surface area (Å²) in [5.41, 5.74) is 6.44. The average Bonchev–Trinajstić information content (AvgIpc) is 2.50. The molecular formula is C15H17ClN4. The van der Waals surface area contributed by atoms with Gasteiger partial charge in [-0.25, -0.2) is 4.98 Å². The maximum atomic E-state index is 5.85. The van der Waals surface area contributed by atoms with Crippen molar-refractivity contribution >= 4 is 11.6 Å². The highest BCUT2D eigenvalue weighted by atomic mass is 35.5. The van der Waals surface area contributed by atoms with Crippen LogP contribution in [0.5, 0.6) is 0 Å². The Kier molecular flexibility index (Phi) is 3.96. The van der Waals surface area contributed by atoms with Gasteiger partial charge in [-0.05, 0) is 42.5 Å². The highest BCUT2D eigenvalue weighted by molar-refractivity contribution is 6.29. The molecule has 0 saturated heterocycles. The summed E-state index contributed by atoms with van der Waals surface area (Å²) in [7, 11) is 0. The zero-order chi connectivity index (χ0) is 13.9. The number of hydrogen-bond acceptors (Lipinski definition) is 4. The molecule has 2 unspecified atom stereocenters. The summed E-state index contributed by atoms with van der Waals surface area (Å²) in [5.74, 6) is 6.06. The van der Waals surface area contributed by atoms with E-state index in [1.54, 1.807) is 12.3 Å². The number of nitrogens with two attached hydrogens (primary N) is 1. The standard InChI is InChI=1S/C15H17ClN4/c16-13-7-6-11(9-19-13)15(20-17)12-5-1-3-10-4-2-8-18-14(10)12/h2,4,6-9,12,15,20H,1,3,5,17H2. The van der Waals surface area contributed by atoms with Gasteiger partial charge in [-0.1, -0.05) is 23.7 Å². The lowest BCUT2D eigenvalue weighted by molar-refractivity contribution is 0.399. The maximum absolute atomic E-state index is 5.85. The summed E-state index contributed by atoms with van der Waals surface area (Å²) in [5, 5.41) is 0.492. The molecule has 0 radical (unpaired) electrons. The monoisotopic (exact) mass is 288 g/mol. The molecule has 3 rings (SSSR count). The van der Waals surface area contributed by atoms with E-state index in [9.17, 15) is 0 Å². The summed E-state index contributed by atoms with van der Waals surface area (Å²) in [6.07, 6.45) is 6.95. The third kappa shape index (κ3) is 2.54. The molecule has 2 atom stereocenters. The summed E-state index contributed by atoms with van der Waals surface area (Å²) >= 11 is 5.85. The lowest BCUT2D eigenvalue weighted by Crippen LogP contribution is -2.34. The molecule has 1 aliphatic carbocycles. The molecule has 0 saturated carbocycles. The summed E-state index contributed by atoms with van der Waals surface area (Å²) in [6.45, 7) is 0. The minimum Gasteiger partial charge on any atom is -0.271 e. The van der Waals surface area contributed by atoms with Gasteiger partial charge < -0.3 is 0 Å². The van der Waals surface area contributed by atoms with Crippen LogP contribution in [0.25, 0.3) is 0 Å². The van der Waals surface area contributed by atoms with Gasteiger partial charge in [-0.3, -0.25) is 16.3 Å². The lowest BCUT2D eigenvalue weighted by Gasteiger charge is -2.31. The Morgan fingerprint density at radius 2 is 2.20 bits per heavy atom. The number of halogens is 1. The molecule has 0 aliphatic heterocycles. The van der Waals surface area contributed by atoms with Crippen molar-refractivity contribution in [2.45, 2.75) is 31.2 Å². The second-order valence-electron chi connectivity index (χ2n) is 5.11. The van der Waals surface area contributed by atoms with Crippen LogP contribution in [-0.2, 0) is 6.42 Å². The second-order valence-corrected chi connectivity index (χ2v) is 5.49. The van der Waals surface area contributed by atoms with E-state index in [4.69, 9.17) is 17.4 Å². The van der Waals surface area contributed by atoms with E-state index in [0.717, 1.165) is 30.5 Å². The molecule has 104 valence electrons. The number of hydrogen-bond donors (Lipinski definition) is 2. The topological polar surface area (TPSA) is 63.8 Å². The summed E-state index contributed by atoms with van der Waals surface area (Å²) in [6, 6.07) is 7.92. The van der Waals surface area contributed by atoms with Crippen LogP contribution in [-0.4, -0.2) is 9.97 Å². The van der Waals surface area contributed by atoms with E-state index in [-0.39, 0.29) is 12.0 Å². The Morgan fingerprint density at radius 3 is 2.95 bits per heavy atom. The number of fused-ring (bicyclic) bond motifs is 1. The number of rotatable bonds is 3. The smallest absolute Gasteiger partial charge is 0.129 e. The predicted octanol–water partition coefficient (Wildman–Crippen LogP) is 2.75. The first kappa shape index (κ1) is 13.5. The van der Waals surface area contributed by atoms with Crippen LogP contribution in [0.2, 0.25) is 5.15 Å². The van der Waals surface area contributed by atoms with Crippen LogP contribution >= 0.6 is 11.6 Å². The predicted molar refractivity (Wildman–Crippen MR) is 79.2 cm³/mol. The number of aryl methyl sites for hydroxylation is 1. The number of pyridine rings is 2. The molecule has 0 amide bonds. The van der Waals surface area contributed by atoms with Crippen molar-refractivity contribution in [1.82, 2.24) is 15.4 Å². The Bertz CT molecular complexity index is 585. The van der Waals surface area contributed by atoms with E-state index in [1.165, 1.54) is 5.56 Å². The highest BCUT2D eigenvalue weighted by Gasteiger charge is 2.29. The van der Waals surface area contributed by atoms with Crippen LogP contribution in [0.15, 0.2) is 36.7 Å². The number of nitrogens with zero attached hydrogens (tertiary/aromatic N) is 2. The van der Waals surface area contributed by atoms with E-state index < -0.39 is 0 Å². The van der Waals surface area contributed by atoms with E-state index in [1.807, 2.05) is 18.3 Å². The average molecular weight is 289 g/mol. The fourth-order valence-electron chi connectivity index (χ4n) is 2.99. The third-order valence-corrected chi connectivity index (χ3v) is 4.15. The van der Waals surface area contributed by atoms with Gasteiger partial charge in [0, 0.05) is 24.0 Å². The number of aromatic nitrogens is 2. The van der Waals surface area contributed by atoms with Gasteiger partial charge in [0.25, 0.3) is 0 Å². The largest absolute Gasteiger partial charge is 0.271 e. The van der Waals surface area contributed by atoms with Crippen LogP contribution in [0.3, 0.4) is 0 Å². The number of hydrazine groups is 1. The fraction of sp³-hybridized carbons (Fsp3) is 0.333. The van der Waals surface area contributed by atoms with Crippen LogP contribution in [0.1, 0.15) is 41.6 Å². The molecule has 0 bridgehead atoms. The minimum absolute atomic E-state index is 0.00807. The minimum atomic E-state index is 0.00807. The van der Waals surface area contributed by atoms with E-state index in [0.29, 0.717) is 5.15 Å². The van der Waals surface area contributed by atoms with Crippen molar-refractivity contribution in [1.29, 1.82) is 0 Å². The van der Waals surface area contributed by atoms with Gasteiger partial charge in [0.15, 0.2) is 0 Å². The first-order valence-electron chi connectivity index (χ1n) is 6.81. The first-order chi connectivity index (χ1) is 9.79. The van der Waals surface area contributed by atoms with Crippen molar-refractivity contribution in [3.8, 4) is 0 Å². The molecular weight excluding hydrogens is 272 g/mol. The quantitative estimate of drug-likeness (QED) is 0.518. The van der Waals surface area contributed by atoms with Gasteiger partial charge in [0.1, 0.15) is 5.15 Å². The zero-order valence-corrected chi connectivity index (χ0v) is 11.8. The van der Waals surface area contributed by atoms with Crippen molar-refractivity contribution in [3.63, 3.8) is 0 Å². The van der Waals surface area contributed by atoms with Crippen molar-refractivity contribution in [2.75, 3.05) is 0 Å². The molecule has 0 aromatic carbocycles. The van der Waals surface area contributed by atoms with Gasteiger partial charge in [0.2, 0.25) is 0 Å². The Labute approximate surface area is 123 Å². The molecule has 0 spiro atoms. The SMILES string of the molecule is NNC(c1ccc(Cl)nc1)C1CCCc2cccnc21. The molecule has 2 aromatic heterocycles. The zero-order valence-electron chi connectivity index (χ0n) is 11.1. The Balaban J connectivity index is 1.96. The van der Waals surface area contributed by atoms with Crippen LogP contribution in [0, 0.1) is 0 Å². The first-order valence-corrected chi connectivity index (χ1v) is 7.19. The Morgan fingerprint density at radius 1 is 1.30 bits per heavy atom. The molecule has 4 nitrogen and oxygen atoms in total. The lowest BCUT2D eigenvalue weighted by atomic mass is 9.80. The maximum Gasteiger partial charge on any atom is 0.129 e. The third-order valence-electron chi connectivity index (χ3n) is 3.93. The summed E-state index contributed by atoms with van der Waals surface area (Å²) in [4.78, 5) is 8.72. The van der Waals surface area contributed by atoms with Crippen LogP contribution in [0.4, 0.5) is 0 Å². The van der Waals surface area contributed by atoms with E-state index >= 15 is 0 Å². The highest BCUT2D eigenvalue weighted by Crippen LogP contribution is 2.38. The van der Waals surface area contributed by atoms with Crippen molar-refractivity contribution in [2.24, 2.45) is 5.84 Å². The van der Waals surface area contributed by atoms with Gasteiger partial charge in [-0.15, -0.1) is 0 Å². The van der Waals surface area contributed by atoms with Gasteiger partial charge in [0.05, 0.1) is 6.04 Å². The molecule has 3 N–H and O–H groups in total. The van der Waals surface area contributed by atoms with Crippen molar-refractivity contribution < 1.29 is 0 Å².